The minimum Gasteiger partial charge on any atom is -0.377 e. The number of nitrogen functional groups attached to an aromatic ring is 1. The van der Waals surface area contributed by atoms with Crippen LogP contribution in [0, 0.1) is 0 Å². The Morgan fingerprint density at radius 2 is 2.40 bits per heavy atom. The summed E-state index contributed by atoms with van der Waals surface area (Å²) in [5.41, 5.74) is 5.63. The van der Waals surface area contributed by atoms with E-state index in [1.54, 1.807) is 6.20 Å². The number of nitrogens with two attached hydrogens (primary N) is 1. The van der Waals surface area contributed by atoms with E-state index in [4.69, 9.17) is 10.5 Å². The largest absolute Gasteiger partial charge is 0.377 e. The van der Waals surface area contributed by atoms with Crippen LogP contribution in [0.1, 0.15) is 13.8 Å². The summed E-state index contributed by atoms with van der Waals surface area (Å²) in [5.74, 6) is 0.714. The molecule has 1 atom stereocenters. The van der Waals surface area contributed by atoms with Gasteiger partial charge in [-0.2, -0.15) is 4.98 Å². The fourth-order valence-electron chi connectivity index (χ4n) is 2.03. The summed E-state index contributed by atoms with van der Waals surface area (Å²) >= 11 is 3.40. The molecule has 1 saturated heterocycles. The van der Waals surface area contributed by atoms with Gasteiger partial charge in [0.2, 0.25) is 11.9 Å². The van der Waals surface area contributed by atoms with Crippen molar-refractivity contribution in [3.63, 3.8) is 0 Å². The molecule has 1 aliphatic heterocycles. The number of morpholine rings is 1. The van der Waals surface area contributed by atoms with Gasteiger partial charge in [-0.05, 0) is 29.8 Å². The van der Waals surface area contributed by atoms with Gasteiger partial charge in [0, 0.05) is 18.8 Å². The van der Waals surface area contributed by atoms with E-state index in [9.17, 15) is 4.79 Å². The molecule has 2 rings (SSSR count). The number of halogens is 1. The van der Waals surface area contributed by atoms with Crippen molar-refractivity contribution in [2.24, 2.45) is 0 Å². The Kier molecular flexibility index (Phi) is 4.77. The Labute approximate surface area is 126 Å². The first kappa shape index (κ1) is 15.0. The predicted molar refractivity (Wildman–Crippen MR) is 79.4 cm³/mol. The van der Waals surface area contributed by atoms with Crippen LogP contribution in [0.2, 0.25) is 0 Å². The van der Waals surface area contributed by atoms with E-state index < -0.39 is 6.04 Å². The highest BCUT2D eigenvalue weighted by Crippen LogP contribution is 2.26. The van der Waals surface area contributed by atoms with Crippen LogP contribution in [-0.4, -0.2) is 47.7 Å². The monoisotopic (exact) mass is 343 g/mol. The third kappa shape index (κ3) is 3.37. The number of anilines is 2. The molecule has 1 aromatic heterocycles. The Morgan fingerprint density at radius 3 is 3.10 bits per heavy atom. The van der Waals surface area contributed by atoms with E-state index in [0.29, 0.717) is 30.0 Å². The summed E-state index contributed by atoms with van der Waals surface area (Å²) in [5, 5.41) is 2.90. The summed E-state index contributed by atoms with van der Waals surface area (Å²) < 4.78 is 6.12. The molecule has 7 nitrogen and oxygen atoms in total. The third-order valence-electron chi connectivity index (χ3n) is 2.88. The van der Waals surface area contributed by atoms with Gasteiger partial charge in [0.25, 0.3) is 0 Å². The number of nitrogens with one attached hydrogen (secondary N) is 1. The molecule has 0 saturated carbocycles. The average molecular weight is 344 g/mol. The van der Waals surface area contributed by atoms with Gasteiger partial charge in [0.15, 0.2) is 0 Å². The lowest BCUT2D eigenvalue weighted by molar-refractivity contribution is -0.125. The van der Waals surface area contributed by atoms with E-state index in [2.05, 4.69) is 31.2 Å². The van der Waals surface area contributed by atoms with Crippen LogP contribution < -0.4 is 16.0 Å². The molecule has 0 aliphatic carbocycles. The second-order valence-corrected chi connectivity index (χ2v) is 5.70. The lowest BCUT2D eigenvalue weighted by atomic mass is 10.2. The zero-order valence-electron chi connectivity index (χ0n) is 11.5. The highest BCUT2D eigenvalue weighted by molar-refractivity contribution is 9.10. The van der Waals surface area contributed by atoms with Gasteiger partial charge in [0.05, 0.1) is 17.7 Å². The third-order valence-corrected chi connectivity index (χ3v) is 3.44. The maximum atomic E-state index is 12.3. The minimum atomic E-state index is -0.420. The van der Waals surface area contributed by atoms with E-state index >= 15 is 0 Å². The van der Waals surface area contributed by atoms with Crippen molar-refractivity contribution in [1.82, 2.24) is 15.3 Å². The number of carbonyl (C=O) groups is 1. The zero-order chi connectivity index (χ0) is 14.7. The average Bonchev–Trinajstić information content (AvgIpc) is 2.41. The molecule has 0 bridgehead atoms. The molecular weight excluding hydrogens is 326 g/mol. The van der Waals surface area contributed by atoms with Crippen molar-refractivity contribution in [2.45, 2.75) is 25.9 Å². The van der Waals surface area contributed by atoms with Crippen molar-refractivity contribution >= 4 is 33.6 Å². The zero-order valence-corrected chi connectivity index (χ0v) is 13.1. The Balaban J connectivity index is 2.26. The molecule has 0 aromatic carbocycles. The van der Waals surface area contributed by atoms with Crippen molar-refractivity contribution in [1.29, 1.82) is 0 Å². The van der Waals surface area contributed by atoms with Crippen LogP contribution in [0.15, 0.2) is 10.7 Å². The van der Waals surface area contributed by atoms with E-state index in [1.165, 1.54) is 0 Å². The molecule has 8 heteroatoms. The lowest BCUT2D eigenvalue weighted by Gasteiger charge is -2.36. The van der Waals surface area contributed by atoms with Gasteiger partial charge >= 0.3 is 0 Å². The second kappa shape index (κ2) is 6.36. The van der Waals surface area contributed by atoms with Crippen LogP contribution in [0.4, 0.5) is 11.8 Å². The molecule has 0 spiro atoms. The topological polar surface area (TPSA) is 93.4 Å². The van der Waals surface area contributed by atoms with Crippen LogP contribution in [0.5, 0.6) is 0 Å². The highest BCUT2D eigenvalue weighted by Gasteiger charge is 2.32. The minimum absolute atomic E-state index is 0.0742. The molecule has 2 heterocycles. The molecule has 1 aromatic rings. The Morgan fingerprint density at radius 1 is 1.65 bits per heavy atom. The predicted octanol–water partition coefficient (Wildman–Crippen LogP) is 0.551. The van der Waals surface area contributed by atoms with Crippen LogP contribution in [0.25, 0.3) is 0 Å². The number of aromatic nitrogens is 2. The van der Waals surface area contributed by atoms with E-state index in [1.807, 2.05) is 18.7 Å². The van der Waals surface area contributed by atoms with Crippen LogP contribution in [0.3, 0.4) is 0 Å². The van der Waals surface area contributed by atoms with Crippen molar-refractivity contribution < 1.29 is 9.53 Å². The van der Waals surface area contributed by atoms with E-state index in [-0.39, 0.29) is 17.9 Å². The van der Waals surface area contributed by atoms with Gasteiger partial charge in [-0.25, -0.2) is 4.98 Å². The molecular formula is C12H18BrN5O2. The first-order chi connectivity index (χ1) is 9.49. The van der Waals surface area contributed by atoms with Gasteiger partial charge in [-0.3, -0.25) is 4.79 Å². The van der Waals surface area contributed by atoms with Gasteiger partial charge < -0.3 is 20.7 Å². The standard InChI is InChI=1S/C12H18BrN5O2/c1-7(2)16-11(19)9-6-20-4-3-18(9)10-8(13)5-15-12(14)17-10/h5,7,9H,3-4,6H2,1-2H3,(H,16,19)(H2,14,15,17). The normalized spacial score (nSPS) is 19.2. The molecule has 1 aliphatic rings. The maximum Gasteiger partial charge on any atom is 0.245 e. The number of hydrogen-bond donors (Lipinski definition) is 2. The number of ether oxygens (including phenoxy) is 1. The van der Waals surface area contributed by atoms with Gasteiger partial charge in [-0.15, -0.1) is 0 Å². The number of rotatable bonds is 3. The first-order valence-corrected chi connectivity index (χ1v) is 7.21. The van der Waals surface area contributed by atoms with Crippen LogP contribution >= 0.6 is 15.9 Å². The summed E-state index contributed by atoms with van der Waals surface area (Å²) in [6, 6.07) is -0.345. The number of nitrogens with zero attached hydrogens (tertiary/aromatic N) is 3. The summed E-state index contributed by atoms with van der Waals surface area (Å²) in [7, 11) is 0. The molecule has 110 valence electrons. The van der Waals surface area contributed by atoms with Crippen LogP contribution in [-0.2, 0) is 9.53 Å². The summed E-state index contributed by atoms with van der Waals surface area (Å²) in [6.07, 6.45) is 1.59. The molecule has 1 fully saturated rings. The molecule has 1 amide bonds. The molecule has 3 N–H and O–H groups in total. The Bertz CT molecular complexity index is 497. The number of carbonyl (C=O) groups excluding carboxylic acids is 1. The fraction of sp³-hybridized carbons (Fsp3) is 0.583. The first-order valence-electron chi connectivity index (χ1n) is 6.42. The SMILES string of the molecule is CC(C)NC(=O)C1COCCN1c1nc(N)ncc1Br. The van der Waals surface area contributed by atoms with Crippen molar-refractivity contribution in [3.8, 4) is 0 Å². The second-order valence-electron chi connectivity index (χ2n) is 4.85. The molecule has 20 heavy (non-hydrogen) atoms. The number of hydrogen-bond acceptors (Lipinski definition) is 6. The van der Waals surface area contributed by atoms with Crippen molar-refractivity contribution in [3.05, 3.63) is 10.7 Å². The quantitative estimate of drug-likeness (QED) is 0.832. The summed E-state index contributed by atoms with van der Waals surface area (Å²) in [4.78, 5) is 22.3. The molecule has 1 unspecified atom stereocenters. The van der Waals surface area contributed by atoms with Gasteiger partial charge in [-0.1, -0.05) is 0 Å². The highest BCUT2D eigenvalue weighted by atomic mass is 79.9. The molecule has 0 radical (unpaired) electrons. The van der Waals surface area contributed by atoms with Crippen molar-refractivity contribution in [2.75, 3.05) is 30.4 Å². The fourth-order valence-corrected chi connectivity index (χ4v) is 2.45. The summed E-state index contributed by atoms with van der Waals surface area (Å²) in [6.45, 7) is 5.29. The number of amides is 1. The van der Waals surface area contributed by atoms with E-state index in [0.717, 1.165) is 0 Å². The lowest BCUT2D eigenvalue weighted by Crippen LogP contribution is -2.55. The van der Waals surface area contributed by atoms with Gasteiger partial charge in [0.1, 0.15) is 11.9 Å². The maximum absolute atomic E-state index is 12.3. The Hall–Kier alpha value is -1.41. The smallest absolute Gasteiger partial charge is 0.245 e.